The number of rotatable bonds is 8. The molecular formula is C28H39N5O2. The number of aromatic nitrogens is 2. The first kappa shape index (κ1) is 24.2. The SMILES string of the molecule is CCN(CC)C(=O)c1ccc(-c2ccc(NC3CC4CN(CC5CCOCC5)C[C@H]4C3)nn2)cc1. The Balaban J connectivity index is 1.11. The van der Waals surface area contributed by atoms with Crippen LogP contribution >= 0.6 is 0 Å². The third-order valence-corrected chi connectivity index (χ3v) is 8.18. The molecule has 1 aliphatic carbocycles. The van der Waals surface area contributed by atoms with Crippen LogP contribution in [0, 0.1) is 17.8 Å². The van der Waals surface area contributed by atoms with Crippen LogP contribution < -0.4 is 5.32 Å². The Bertz CT molecular complexity index is 956. The maximum atomic E-state index is 12.5. The molecule has 35 heavy (non-hydrogen) atoms. The summed E-state index contributed by atoms with van der Waals surface area (Å²) in [5.41, 5.74) is 2.51. The van der Waals surface area contributed by atoms with Crippen LogP contribution in [0.25, 0.3) is 11.3 Å². The number of carbonyl (C=O) groups excluding carboxylic acids is 1. The molecule has 2 aliphatic heterocycles. The number of anilines is 1. The van der Waals surface area contributed by atoms with Gasteiger partial charge in [0.1, 0.15) is 5.82 Å². The average Bonchev–Trinajstić information content (AvgIpc) is 3.44. The van der Waals surface area contributed by atoms with Crippen molar-refractivity contribution in [3.05, 3.63) is 42.0 Å². The Morgan fingerprint density at radius 1 is 1.00 bits per heavy atom. The molecule has 5 rings (SSSR count). The molecule has 1 amide bonds. The fraction of sp³-hybridized carbons (Fsp3) is 0.607. The highest BCUT2D eigenvalue weighted by atomic mass is 16.5. The van der Waals surface area contributed by atoms with Gasteiger partial charge in [-0.15, -0.1) is 10.2 Å². The zero-order chi connectivity index (χ0) is 24.2. The van der Waals surface area contributed by atoms with Gasteiger partial charge in [0.05, 0.1) is 5.69 Å². The maximum Gasteiger partial charge on any atom is 0.253 e. The van der Waals surface area contributed by atoms with E-state index in [0.29, 0.717) is 24.7 Å². The molecule has 2 aromatic rings. The lowest BCUT2D eigenvalue weighted by atomic mass is 10.00. The molecule has 1 aromatic carbocycles. The summed E-state index contributed by atoms with van der Waals surface area (Å²) in [4.78, 5) is 17.1. The molecule has 1 saturated carbocycles. The van der Waals surface area contributed by atoms with E-state index in [9.17, 15) is 4.79 Å². The molecule has 3 fully saturated rings. The monoisotopic (exact) mass is 477 g/mol. The number of amides is 1. The van der Waals surface area contributed by atoms with E-state index in [4.69, 9.17) is 4.74 Å². The van der Waals surface area contributed by atoms with Gasteiger partial charge in [0.15, 0.2) is 0 Å². The van der Waals surface area contributed by atoms with Gasteiger partial charge >= 0.3 is 0 Å². The highest BCUT2D eigenvalue weighted by molar-refractivity contribution is 5.94. The summed E-state index contributed by atoms with van der Waals surface area (Å²) in [5.74, 6) is 3.35. The van der Waals surface area contributed by atoms with Crippen molar-refractivity contribution in [2.75, 3.05) is 51.3 Å². The summed E-state index contributed by atoms with van der Waals surface area (Å²) in [6.07, 6.45) is 4.90. The van der Waals surface area contributed by atoms with Crippen molar-refractivity contribution in [3.8, 4) is 11.3 Å². The second-order valence-corrected chi connectivity index (χ2v) is 10.5. The van der Waals surface area contributed by atoms with E-state index in [1.54, 1.807) is 0 Å². The first-order valence-corrected chi connectivity index (χ1v) is 13.4. The van der Waals surface area contributed by atoms with Crippen molar-refractivity contribution in [1.82, 2.24) is 20.0 Å². The molecule has 2 unspecified atom stereocenters. The number of fused-ring (bicyclic) bond motifs is 1. The molecule has 1 N–H and O–H groups in total. The number of nitrogens with one attached hydrogen (secondary N) is 1. The van der Waals surface area contributed by atoms with Gasteiger partial charge < -0.3 is 19.9 Å². The zero-order valence-corrected chi connectivity index (χ0v) is 21.2. The fourth-order valence-electron chi connectivity index (χ4n) is 6.21. The quantitative estimate of drug-likeness (QED) is 0.615. The Hall–Kier alpha value is -2.51. The van der Waals surface area contributed by atoms with Gasteiger partial charge in [0, 0.05) is 63.1 Å². The Morgan fingerprint density at radius 3 is 2.29 bits per heavy atom. The normalized spacial score (nSPS) is 24.9. The minimum atomic E-state index is 0.0696. The number of likely N-dealkylation sites (tertiary alicyclic amines) is 1. The van der Waals surface area contributed by atoms with Gasteiger partial charge in [-0.2, -0.15) is 0 Å². The minimum absolute atomic E-state index is 0.0696. The molecule has 1 aromatic heterocycles. The van der Waals surface area contributed by atoms with E-state index in [2.05, 4.69) is 20.4 Å². The van der Waals surface area contributed by atoms with Crippen LogP contribution in [-0.2, 0) is 4.74 Å². The molecule has 188 valence electrons. The summed E-state index contributed by atoms with van der Waals surface area (Å²) in [6.45, 7) is 11.1. The molecular weight excluding hydrogens is 438 g/mol. The molecule has 2 saturated heterocycles. The number of benzene rings is 1. The minimum Gasteiger partial charge on any atom is -0.381 e. The Kier molecular flexibility index (Phi) is 7.63. The van der Waals surface area contributed by atoms with Gasteiger partial charge in [-0.25, -0.2) is 0 Å². The van der Waals surface area contributed by atoms with E-state index in [0.717, 1.165) is 48.0 Å². The van der Waals surface area contributed by atoms with E-state index >= 15 is 0 Å². The summed E-state index contributed by atoms with van der Waals surface area (Å²) >= 11 is 0. The van der Waals surface area contributed by atoms with Crippen LogP contribution in [0.1, 0.15) is 49.9 Å². The van der Waals surface area contributed by atoms with Gasteiger partial charge in [-0.05, 0) is 81.5 Å². The number of nitrogens with zero attached hydrogens (tertiary/aromatic N) is 4. The standard InChI is InChI=1S/C28H39N5O2/c1-3-33(4-2)28(34)22-7-5-21(6-8-22)26-9-10-27(31-30-26)29-25-15-23-18-32(19-24(23)16-25)17-20-11-13-35-14-12-20/h5-10,20,23-25H,3-4,11-19H2,1-2H3,(H,29,31)/t23-,24?,25?/m1/s1. The summed E-state index contributed by atoms with van der Waals surface area (Å²) < 4.78 is 5.52. The molecule has 3 aliphatic rings. The lowest BCUT2D eigenvalue weighted by Crippen LogP contribution is -2.32. The van der Waals surface area contributed by atoms with Crippen molar-refractivity contribution in [3.63, 3.8) is 0 Å². The van der Waals surface area contributed by atoms with Crippen LogP contribution in [0.5, 0.6) is 0 Å². The molecule has 3 heterocycles. The van der Waals surface area contributed by atoms with Crippen LogP contribution in [0.4, 0.5) is 5.82 Å². The number of ether oxygens (including phenoxy) is 1. The van der Waals surface area contributed by atoms with Gasteiger partial charge in [-0.1, -0.05) is 12.1 Å². The molecule has 3 atom stereocenters. The van der Waals surface area contributed by atoms with Crippen LogP contribution in [0.2, 0.25) is 0 Å². The Labute approximate surface area is 209 Å². The predicted molar refractivity (Wildman–Crippen MR) is 138 cm³/mol. The van der Waals surface area contributed by atoms with Crippen molar-refractivity contribution < 1.29 is 9.53 Å². The van der Waals surface area contributed by atoms with Gasteiger partial charge in [0.2, 0.25) is 0 Å². The van der Waals surface area contributed by atoms with E-state index < -0.39 is 0 Å². The van der Waals surface area contributed by atoms with E-state index in [1.807, 2.05) is 55.1 Å². The summed E-state index contributed by atoms with van der Waals surface area (Å²) in [7, 11) is 0. The first-order chi connectivity index (χ1) is 17.1. The van der Waals surface area contributed by atoms with Gasteiger partial charge in [0.25, 0.3) is 5.91 Å². The lowest BCUT2D eigenvalue weighted by Gasteiger charge is -2.27. The average molecular weight is 478 g/mol. The topological polar surface area (TPSA) is 70.6 Å². The zero-order valence-electron chi connectivity index (χ0n) is 21.2. The molecule has 7 nitrogen and oxygen atoms in total. The summed E-state index contributed by atoms with van der Waals surface area (Å²) in [5, 5.41) is 12.5. The molecule has 0 radical (unpaired) electrons. The second-order valence-electron chi connectivity index (χ2n) is 10.5. The molecule has 0 bridgehead atoms. The van der Waals surface area contributed by atoms with Crippen LogP contribution in [0.15, 0.2) is 36.4 Å². The number of hydrogen-bond donors (Lipinski definition) is 1. The molecule has 7 heteroatoms. The molecule has 0 spiro atoms. The third-order valence-electron chi connectivity index (χ3n) is 8.18. The largest absolute Gasteiger partial charge is 0.381 e. The van der Waals surface area contributed by atoms with Crippen molar-refractivity contribution in [2.45, 2.75) is 45.6 Å². The van der Waals surface area contributed by atoms with Crippen LogP contribution in [-0.4, -0.2) is 77.9 Å². The second kappa shape index (κ2) is 11.0. The predicted octanol–water partition coefficient (Wildman–Crippen LogP) is 4.17. The smallest absolute Gasteiger partial charge is 0.253 e. The lowest BCUT2D eigenvalue weighted by molar-refractivity contribution is 0.0545. The van der Waals surface area contributed by atoms with E-state index in [-0.39, 0.29) is 5.91 Å². The maximum absolute atomic E-state index is 12.5. The highest BCUT2D eigenvalue weighted by Crippen LogP contribution is 2.39. The number of carbonyl (C=O) groups is 1. The van der Waals surface area contributed by atoms with Crippen molar-refractivity contribution >= 4 is 11.7 Å². The fourth-order valence-corrected chi connectivity index (χ4v) is 6.21. The van der Waals surface area contributed by atoms with Gasteiger partial charge in [-0.3, -0.25) is 4.79 Å². The Morgan fingerprint density at radius 2 is 1.69 bits per heavy atom. The van der Waals surface area contributed by atoms with Crippen molar-refractivity contribution in [1.29, 1.82) is 0 Å². The van der Waals surface area contributed by atoms with Crippen LogP contribution in [0.3, 0.4) is 0 Å². The van der Waals surface area contributed by atoms with E-state index in [1.165, 1.54) is 45.3 Å². The first-order valence-electron chi connectivity index (χ1n) is 13.4. The third kappa shape index (κ3) is 5.67. The summed E-state index contributed by atoms with van der Waals surface area (Å²) in [6, 6.07) is 12.2. The number of hydrogen-bond acceptors (Lipinski definition) is 6. The van der Waals surface area contributed by atoms with Crippen molar-refractivity contribution in [2.24, 2.45) is 17.8 Å². The highest BCUT2D eigenvalue weighted by Gasteiger charge is 2.41.